The smallest absolute Gasteiger partial charge is 0.0991 e. The van der Waals surface area contributed by atoms with Gasteiger partial charge in [-0.15, -0.1) is 0 Å². The van der Waals surface area contributed by atoms with Crippen LogP contribution in [0.2, 0.25) is 0 Å². The first-order valence-electron chi connectivity index (χ1n) is 8.30. The second-order valence-corrected chi connectivity index (χ2v) is 6.59. The molecule has 2 heterocycles. The predicted octanol–water partition coefficient (Wildman–Crippen LogP) is 2.64. The molecule has 1 aromatic carbocycles. The van der Waals surface area contributed by atoms with Crippen LogP contribution in [0.5, 0.6) is 0 Å². The van der Waals surface area contributed by atoms with Crippen LogP contribution in [0.1, 0.15) is 32.3 Å². The second-order valence-electron chi connectivity index (χ2n) is 6.59. The van der Waals surface area contributed by atoms with Crippen LogP contribution in [-0.2, 0) is 4.74 Å². The van der Waals surface area contributed by atoms with Gasteiger partial charge in [-0.25, -0.2) is 0 Å². The number of piperidine rings is 1. The number of morpholine rings is 1. The zero-order valence-corrected chi connectivity index (χ0v) is 13.5. The van der Waals surface area contributed by atoms with E-state index in [1.807, 2.05) is 12.1 Å². The Morgan fingerprint density at radius 1 is 1.05 bits per heavy atom. The summed E-state index contributed by atoms with van der Waals surface area (Å²) in [5, 5.41) is 8.88. The van der Waals surface area contributed by atoms with Crippen LogP contribution in [-0.4, -0.2) is 49.3 Å². The quantitative estimate of drug-likeness (QED) is 0.841. The Kier molecular flexibility index (Phi) is 4.66. The molecule has 2 saturated heterocycles. The van der Waals surface area contributed by atoms with Crippen molar-refractivity contribution in [3.63, 3.8) is 0 Å². The van der Waals surface area contributed by atoms with Crippen LogP contribution in [0.25, 0.3) is 0 Å². The van der Waals surface area contributed by atoms with E-state index >= 15 is 0 Å². The summed E-state index contributed by atoms with van der Waals surface area (Å²) in [5.74, 6) is 0. The van der Waals surface area contributed by atoms with Gasteiger partial charge in [-0.1, -0.05) is 0 Å². The molecule has 0 aliphatic carbocycles. The standard InChI is InChI=1S/C18H25N3O/c1-14-12-21(13-15(2)22-14)18-7-9-20(10-8-18)17-5-3-16(11-19)4-6-17/h3-6,14-15,18H,7-10,12-13H2,1-2H3. The van der Waals surface area contributed by atoms with E-state index in [1.165, 1.54) is 18.5 Å². The molecule has 118 valence electrons. The van der Waals surface area contributed by atoms with Gasteiger partial charge in [0.2, 0.25) is 0 Å². The molecular formula is C18H25N3O. The maximum Gasteiger partial charge on any atom is 0.0991 e. The van der Waals surface area contributed by atoms with Gasteiger partial charge in [0.15, 0.2) is 0 Å². The van der Waals surface area contributed by atoms with E-state index in [0.717, 1.165) is 31.7 Å². The number of rotatable bonds is 2. The molecule has 0 N–H and O–H groups in total. The van der Waals surface area contributed by atoms with Crippen molar-refractivity contribution >= 4 is 5.69 Å². The minimum atomic E-state index is 0.348. The van der Waals surface area contributed by atoms with Gasteiger partial charge in [0.1, 0.15) is 0 Å². The highest BCUT2D eigenvalue weighted by Crippen LogP contribution is 2.25. The van der Waals surface area contributed by atoms with Crippen LogP contribution in [0.3, 0.4) is 0 Å². The van der Waals surface area contributed by atoms with E-state index in [9.17, 15) is 0 Å². The Morgan fingerprint density at radius 3 is 2.18 bits per heavy atom. The van der Waals surface area contributed by atoms with Crippen molar-refractivity contribution in [3.05, 3.63) is 29.8 Å². The highest BCUT2D eigenvalue weighted by atomic mass is 16.5. The number of hydrogen-bond acceptors (Lipinski definition) is 4. The van der Waals surface area contributed by atoms with E-state index in [2.05, 4.69) is 41.8 Å². The molecular weight excluding hydrogens is 274 g/mol. The summed E-state index contributed by atoms with van der Waals surface area (Å²) in [6.45, 7) is 8.66. The Bertz CT molecular complexity index is 518. The van der Waals surface area contributed by atoms with Crippen molar-refractivity contribution in [2.24, 2.45) is 0 Å². The molecule has 4 nitrogen and oxygen atoms in total. The first-order valence-corrected chi connectivity index (χ1v) is 8.30. The molecule has 0 amide bonds. The van der Waals surface area contributed by atoms with Gasteiger partial charge in [0.05, 0.1) is 23.8 Å². The second kappa shape index (κ2) is 6.68. The zero-order valence-electron chi connectivity index (χ0n) is 13.5. The highest BCUT2D eigenvalue weighted by molar-refractivity contribution is 5.50. The number of hydrogen-bond donors (Lipinski definition) is 0. The van der Waals surface area contributed by atoms with Crippen molar-refractivity contribution in [2.75, 3.05) is 31.1 Å². The fourth-order valence-electron chi connectivity index (χ4n) is 3.75. The van der Waals surface area contributed by atoms with Gasteiger partial charge in [-0.2, -0.15) is 5.26 Å². The first kappa shape index (κ1) is 15.3. The normalized spacial score (nSPS) is 27.6. The third-order valence-corrected chi connectivity index (χ3v) is 4.79. The Hall–Kier alpha value is -1.57. The fourth-order valence-corrected chi connectivity index (χ4v) is 3.75. The van der Waals surface area contributed by atoms with Gasteiger partial charge in [-0.3, -0.25) is 4.90 Å². The maximum atomic E-state index is 8.88. The Labute approximate surface area is 133 Å². The zero-order chi connectivity index (χ0) is 15.5. The predicted molar refractivity (Wildman–Crippen MR) is 88.0 cm³/mol. The number of benzene rings is 1. The van der Waals surface area contributed by atoms with E-state index in [-0.39, 0.29) is 0 Å². The molecule has 2 unspecified atom stereocenters. The van der Waals surface area contributed by atoms with Gasteiger partial charge < -0.3 is 9.64 Å². The molecule has 0 bridgehead atoms. The molecule has 0 aromatic heterocycles. The lowest BCUT2D eigenvalue weighted by Gasteiger charge is -2.44. The van der Waals surface area contributed by atoms with E-state index in [4.69, 9.17) is 10.00 Å². The summed E-state index contributed by atoms with van der Waals surface area (Å²) < 4.78 is 5.84. The van der Waals surface area contributed by atoms with Gasteiger partial charge in [0.25, 0.3) is 0 Å². The average Bonchev–Trinajstić information content (AvgIpc) is 2.54. The third kappa shape index (κ3) is 3.43. The van der Waals surface area contributed by atoms with Crippen molar-refractivity contribution in [1.29, 1.82) is 5.26 Å². The number of anilines is 1. The van der Waals surface area contributed by atoms with Crippen molar-refractivity contribution in [1.82, 2.24) is 4.90 Å². The maximum absolute atomic E-state index is 8.88. The van der Waals surface area contributed by atoms with Crippen LogP contribution < -0.4 is 4.90 Å². The van der Waals surface area contributed by atoms with Gasteiger partial charge in [0, 0.05) is 37.9 Å². The fraction of sp³-hybridized carbons (Fsp3) is 0.611. The Morgan fingerprint density at radius 2 is 1.64 bits per heavy atom. The SMILES string of the molecule is CC1CN(C2CCN(c3ccc(C#N)cc3)CC2)CC(C)O1. The summed E-state index contributed by atoms with van der Waals surface area (Å²) >= 11 is 0. The van der Waals surface area contributed by atoms with Crippen LogP contribution >= 0.6 is 0 Å². The van der Waals surface area contributed by atoms with Crippen LogP contribution in [0.15, 0.2) is 24.3 Å². The lowest BCUT2D eigenvalue weighted by molar-refractivity contribution is -0.0826. The highest BCUT2D eigenvalue weighted by Gasteiger charge is 2.30. The van der Waals surface area contributed by atoms with Crippen molar-refractivity contribution < 1.29 is 4.74 Å². The largest absolute Gasteiger partial charge is 0.373 e. The minimum Gasteiger partial charge on any atom is -0.373 e. The average molecular weight is 299 g/mol. The number of nitriles is 1. The molecule has 2 atom stereocenters. The summed E-state index contributed by atoms with van der Waals surface area (Å²) in [6, 6.07) is 10.8. The minimum absolute atomic E-state index is 0.348. The molecule has 2 aliphatic rings. The third-order valence-electron chi connectivity index (χ3n) is 4.79. The summed E-state index contributed by atoms with van der Waals surface area (Å²) in [6.07, 6.45) is 3.11. The molecule has 22 heavy (non-hydrogen) atoms. The molecule has 0 radical (unpaired) electrons. The molecule has 4 heteroatoms. The summed E-state index contributed by atoms with van der Waals surface area (Å²) in [7, 11) is 0. The topological polar surface area (TPSA) is 39.5 Å². The molecule has 3 rings (SSSR count). The molecule has 0 spiro atoms. The lowest BCUT2D eigenvalue weighted by atomic mass is 10.0. The lowest BCUT2D eigenvalue weighted by Crippen LogP contribution is -2.53. The van der Waals surface area contributed by atoms with Crippen LogP contribution in [0.4, 0.5) is 5.69 Å². The summed E-state index contributed by atoms with van der Waals surface area (Å²) in [5.41, 5.74) is 1.97. The van der Waals surface area contributed by atoms with Gasteiger partial charge in [-0.05, 0) is 51.0 Å². The molecule has 0 saturated carbocycles. The molecule has 1 aromatic rings. The van der Waals surface area contributed by atoms with Crippen molar-refractivity contribution in [3.8, 4) is 6.07 Å². The Balaban J connectivity index is 1.56. The number of ether oxygens (including phenoxy) is 1. The van der Waals surface area contributed by atoms with E-state index in [0.29, 0.717) is 18.2 Å². The van der Waals surface area contributed by atoms with Gasteiger partial charge >= 0.3 is 0 Å². The van der Waals surface area contributed by atoms with Crippen molar-refractivity contribution in [2.45, 2.75) is 44.9 Å². The monoisotopic (exact) mass is 299 g/mol. The summed E-state index contributed by atoms with van der Waals surface area (Å²) in [4.78, 5) is 5.06. The van der Waals surface area contributed by atoms with E-state index in [1.54, 1.807) is 0 Å². The molecule has 2 aliphatic heterocycles. The first-order chi connectivity index (χ1) is 10.7. The molecule has 2 fully saturated rings. The van der Waals surface area contributed by atoms with Crippen LogP contribution in [0, 0.1) is 11.3 Å². The van der Waals surface area contributed by atoms with E-state index < -0.39 is 0 Å². The number of nitrogens with zero attached hydrogens (tertiary/aromatic N) is 3.